The Hall–Kier alpha value is -3.27. The molecule has 2 amide bonds. The van der Waals surface area contributed by atoms with Crippen molar-refractivity contribution in [3.8, 4) is 6.07 Å². The van der Waals surface area contributed by atoms with Crippen LogP contribution < -0.4 is 10.6 Å². The number of benzene rings is 1. The van der Waals surface area contributed by atoms with E-state index in [9.17, 15) is 14.4 Å². The number of ether oxygens (including phenoxy) is 3. The number of carbonyl (C=O) groups excluding carboxylic acids is 3. The normalized spacial score (nSPS) is 12.2. The molecule has 0 heterocycles. The first kappa shape index (κ1) is 30.8. The van der Waals surface area contributed by atoms with Gasteiger partial charge in [0.05, 0.1) is 0 Å². The van der Waals surface area contributed by atoms with Gasteiger partial charge in [0.15, 0.2) is 6.61 Å². The van der Waals surface area contributed by atoms with Crippen molar-refractivity contribution in [2.24, 2.45) is 5.11 Å². The lowest BCUT2D eigenvalue weighted by Gasteiger charge is -2.24. The topological polar surface area (TPSA) is 176 Å². The molecule has 12 nitrogen and oxygen atoms in total. The summed E-state index contributed by atoms with van der Waals surface area (Å²) < 4.78 is 15.3. The van der Waals surface area contributed by atoms with E-state index in [0.717, 1.165) is 5.56 Å². The average Bonchev–Trinajstić information content (AvgIpc) is 2.81. The maximum Gasteiger partial charge on any atom is 0.408 e. The zero-order valence-corrected chi connectivity index (χ0v) is 22.2. The van der Waals surface area contributed by atoms with Gasteiger partial charge in [0.1, 0.15) is 24.3 Å². The number of rotatable bonds is 13. The van der Waals surface area contributed by atoms with Crippen molar-refractivity contribution in [1.29, 1.82) is 5.26 Å². The minimum atomic E-state index is -1.02. The van der Waals surface area contributed by atoms with E-state index in [4.69, 9.17) is 25.0 Å². The van der Waals surface area contributed by atoms with Crippen LogP contribution in [0, 0.1) is 11.3 Å². The number of esters is 1. The molecule has 0 aliphatic heterocycles. The van der Waals surface area contributed by atoms with Crippen LogP contribution in [0.5, 0.6) is 0 Å². The van der Waals surface area contributed by atoms with Crippen molar-refractivity contribution >= 4 is 45.4 Å². The fourth-order valence-corrected chi connectivity index (χ4v) is 4.65. The molecule has 0 unspecified atom stereocenters. The van der Waals surface area contributed by atoms with E-state index in [1.165, 1.54) is 21.6 Å². The highest BCUT2D eigenvalue weighted by molar-refractivity contribution is 8.76. The number of nitrogens with one attached hydrogen (secondary N) is 2. The quantitative estimate of drug-likeness (QED) is 0.0876. The standard InChI is InChI=1S/C22H30N6O6S2/c1-22(2,3)34-21(31)26-18(19(29)32-12-11-23)10-9-17(36-35-4)13-25-20(30)33-14-15-5-7-16(8-6-15)27-28-24/h5-8,17-18H,9-10,12-14H2,1-4H3,(H,25,30)(H,26,31)/t17-,18-/m0/s1. The molecule has 0 aromatic heterocycles. The summed E-state index contributed by atoms with van der Waals surface area (Å²) in [5.74, 6) is -0.742. The SMILES string of the molecule is CSS[C@@H](CC[C@H](NC(=O)OC(C)(C)C)C(=O)OCC#N)CNC(=O)OCc1ccc(N=[N+]=[N-])cc1. The number of hydrogen-bond acceptors (Lipinski definition) is 10. The summed E-state index contributed by atoms with van der Waals surface area (Å²) in [5, 5.41) is 17.2. The van der Waals surface area contributed by atoms with Crippen molar-refractivity contribution < 1.29 is 28.6 Å². The molecule has 0 fully saturated rings. The van der Waals surface area contributed by atoms with Crippen LogP contribution in [0.2, 0.25) is 0 Å². The van der Waals surface area contributed by atoms with Gasteiger partial charge >= 0.3 is 18.2 Å². The Morgan fingerprint density at radius 3 is 2.44 bits per heavy atom. The summed E-state index contributed by atoms with van der Waals surface area (Å²) in [6.07, 6.45) is 1.14. The second-order valence-electron chi connectivity index (χ2n) is 8.24. The lowest BCUT2D eigenvalue weighted by atomic mass is 10.1. The molecule has 0 aliphatic carbocycles. The molecule has 0 bridgehead atoms. The summed E-state index contributed by atoms with van der Waals surface area (Å²) >= 11 is 0. The largest absolute Gasteiger partial charge is 0.449 e. The van der Waals surface area contributed by atoms with Gasteiger partial charge in [-0.05, 0) is 51.0 Å². The molecule has 2 atom stereocenters. The number of carbonyl (C=O) groups is 3. The van der Waals surface area contributed by atoms with Crippen molar-refractivity contribution in [3.63, 3.8) is 0 Å². The molecule has 0 saturated carbocycles. The van der Waals surface area contributed by atoms with Crippen LogP contribution >= 0.6 is 21.6 Å². The number of alkyl carbamates (subject to hydrolysis) is 2. The maximum atomic E-state index is 12.3. The summed E-state index contributed by atoms with van der Waals surface area (Å²) in [5.41, 5.74) is 8.87. The molecule has 1 aromatic carbocycles. The molecule has 0 spiro atoms. The molecule has 2 N–H and O–H groups in total. The van der Waals surface area contributed by atoms with Gasteiger partial charge in [0.2, 0.25) is 0 Å². The molecule has 196 valence electrons. The lowest BCUT2D eigenvalue weighted by molar-refractivity contribution is -0.145. The third-order valence-electron chi connectivity index (χ3n) is 4.20. The van der Waals surface area contributed by atoms with Crippen LogP contribution in [0.4, 0.5) is 15.3 Å². The number of hydrogen-bond donors (Lipinski definition) is 2. The first-order valence-electron chi connectivity index (χ1n) is 10.8. The summed E-state index contributed by atoms with van der Waals surface area (Å²) in [6.45, 7) is 4.95. The van der Waals surface area contributed by atoms with Crippen LogP contribution in [0.15, 0.2) is 29.4 Å². The Bertz CT molecular complexity index is 957. The third-order valence-corrected chi connectivity index (χ3v) is 6.47. The fourth-order valence-electron chi connectivity index (χ4n) is 2.68. The van der Waals surface area contributed by atoms with Crippen LogP contribution in [-0.2, 0) is 25.6 Å². The molecule has 0 aliphatic rings. The van der Waals surface area contributed by atoms with Gasteiger partial charge in [-0.1, -0.05) is 51.0 Å². The van der Waals surface area contributed by atoms with Gasteiger partial charge in [-0.2, -0.15) is 5.26 Å². The maximum absolute atomic E-state index is 12.3. The highest BCUT2D eigenvalue weighted by Crippen LogP contribution is 2.27. The van der Waals surface area contributed by atoms with Crippen molar-refractivity contribution in [3.05, 3.63) is 40.3 Å². The van der Waals surface area contributed by atoms with Gasteiger partial charge in [-0.15, -0.1) is 0 Å². The second kappa shape index (κ2) is 16.4. The Kier molecular flexibility index (Phi) is 14.0. The third kappa shape index (κ3) is 13.6. The predicted octanol–water partition coefficient (Wildman–Crippen LogP) is 4.97. The molecular formula is C22H30N6O6S2. The molecule has 1 rings (SSSR count). The molecule has 36 heavy (non-hydrogen) atoms. The molecule has 0 saturated heterocycles. The second-order valence-corrected chi connectivity index (χ2v) is 11.0. The number of nitriles is 1. The Labute approximate surface area is 217 Å². The van der Waals surface area contributed by atoms with E-state index in [1.807, 2.05) is 6.26 Å². The average molecular weight is 539 g/mol. The first-order valence-corrected chi connectivity index (χ1v) is 13.5. The summed E-state index contributed by atoms with van der Waals surface area (Å²) in [7, 11) is 2.99. The molecule has 0 radical (unpaired) electrons. The number of nitrogens with zero attached hydrogens (tertiary/aromatic N) is 4. The molecule has 14 heteroatoms. The van der Waals surface area contributed by atoms with Gasteiger partial charge in [-0.3, -0.25) is 0 Å². The number of azide groups is 1. The lowest BCUT2D eigenvalue weighted by Crippen LogP contribution is -2.45. The van der Waals surface area contributed by atoms with Crippen LogP contribution in [0.3, 0.4) is 0 Å². The Morgan fingerprint density at radius 1 is 1.17 bits per heavy atom. The van der Waals surface area contributed by atoms with Crippen LogP contribution in [0.1, 0.15) is 39.2 Å². The first-order chi connectivity index (χ1) is 17.1. The van der Waals surface area contributed by atoms with Crippen molar-refractivity contribution in [1.82, 2.24) is 10.6 Å². The van der Waals surface area contributed by atoms with E-state index in [1.54, 1.807) is 51.1 Å². The Morgan fingerprint density at radius 2 is 1.86 bits per heavy atom. The minimum Gasteiger partial charge on any atom is -0.449 e. The zero-order chi connectivity index (χ0) is 27.0. The summed E-state index contributed by atoms with van der Waals surface area (Å²) in [4.78, 5) is 39.4. The summed E-state index contributed by atoms with van der Waals surface area (Å²) in [6, 6.07) is 7.31. The van der Waals surface area contributed by atoms with Crippen molar-refractivity contribution in [2.75, 3.05) is 19.4 Å². The van der Waals surface area contributed by atoms with Gasteiger partial charge in [0, 0.05) is 22.4 Å². The molecule has 1 aromatic rings. The van der Waals surface area contributed by atoms with E-state index in [0.29, 0.717) is 12.1 Å². The van der Waals surface area contributed by atoms with Crippen molar-refractivity contribution in [2.45, 2.75) is 57.1 Å². The number of amides is 2. The highest BCUT2D eigenvalue weighted by Gasteiger charge is 2.27. The fraction of sp³-hybridized carbons (Fsp3) is 0.545. The van der Waals surface area contributed by atoms with Gasteiger partial charge < -0.3 is 24.8 Å². The zero-order valence-electron chi connectivity index (χ0n) is 20.6. The van der Waals surface area contributed by atoms with Gasteiger partial charge in [-0.25, -0.2) is 14.4 Å². The molecular weight excluding hydrogens is 508 g/mol. The highest BCUT2D eigenvalue weighted by atomic mass is 33.1. The predicted molar refractivity (Wildman–Crippen MR) is 137 cm³/mol. The van der Waals surface area contributed by atoms with E-state index in [-0.39, 0.29) is 24.8 Å². The van der Waals surface area contributed by atoms with E-state index >= 15 is 0 Å². The van der Waals surface area contributed by atoms with Crippen LogP contribution in [0.25, 0.3) is 10.4 Å². The van der Waals surface area contributed by atoms with E-state index < -0.39 is 36.4 Å². The van der Waals surface area contributed by atoms with Gasteiger partial charge in [0.25, 0.3) is 0 Å². The van der Waals surface area contributed by atoms with Crippen LogP contribution in [-0.4, -0.2) is 54.5 Å². The Balaban J connectivity index is 2.62. The smallest absolute Gasteiger partial charge is 0.408 e. The monoisotopic (exact) mass is 538 g/mol. The van der Waals surface area contributed by atoms with E-state index in [2.05, 4.69) is 20.7 Å². The minimum absolute atomic E-state index is 0.0370.